The molecule has 0 aliphatic rings. The third-order valence-corrected chi connectivity index (χ3v) is 4.08. The Morgan fingerprint density at radius 1 is 1.25 bits per heavy atom. The number of hydrogen-bond acceptors (Lipinski definition) is 3. The molecule has 1 aromatic heterocycles. The highest BCUT2D eigenvalue weighted by Crippen LogP contribution is 2.11. The van der Waals surface area contributed by atoms with Gasteiger partial charge >= 0.3 is 0 Å². The molecule has 0 aliphatic carbocycles. The lowest BCUT2D eigenvalue weighted by molar-refractivity contribution is 0.0969. The van der Waals surface area contributed by atoms with Crippen LogP contribution in [0.1, 0.15) is 27.3 Å². The van der Waals surface area contributed by atoms with Crippen LogP contribution >= 0.6 is 22.6 Å². The molecule has 0 spiro atoms. The van der Waals surface area contributed by atoms with Gasteiger partial charge in [-0.25, -0.2) is 4.98 Å². The first-order chi connectivity index (χ1) is 9.40. The van der Waals surface area contributed by atoms with E-state index in [4.69, 9.17) is 0 Å². The van der Waals surface area contributed by atoms with E-state index in [9.17, 15) is 9.59 Å². The van der Waals surface area contributed by atoms with E-state index in [-0.39, 0.29) is 17.9 Å². The molecule has 2 aromatic rings. The lowest BCUT2D eigenvalue weighted by atomic mass is 10.0. The number of rotatable bonds is 3. The molecule has 0 atom stereocenters. The second-order valence-electron chi connectivity index (χ2n) is 4.77. The lowest BCUT2D eigenvalue weighted by Gasteiger charge is -2.09. The minimum Gasteiger partial charge on any atom is -0.292 e. The number of halogens is 1. The number of Topliss-reactive ketones (excluding diaryl/α,β-unsaturated/α-hetero) is 1. The lowest BCUT2D eigenvalue weighted by Crippen LogP contribution is -2.28. The number of hydrogen-bond donors (Lipinski definition) is 0. The van der Waals surface area contributed by atoms with Crippen LogP contribution in [0.15, 0.2) is 29.2 Å². The van der Waals surface area contributed by atoms with E-state index in [0.717, 1.165) is 11.1 Å². The summed E-state index contributed by atoms with van der Waals surface area (Å²) in [4.78, 5) is 28.5. The zero-order valence-corrected chi connectivity index (χ0v) is 13.8. The molecule has 0 fully saturated rings. The monoisotopic (exact) mass is 382 g/mol. The summed E-state index contributed by atoms with van der Waals surface area (Å²) in [7, 11) is 0. The van der Waals surface area contributed by atoms with Crippen molar-refractivity contribution in [3.05, 3.63) is 60.8 Å². The van der Waals surface area contributed by atoms with Crippen LogP contribution in [0.2, 0.25) is 0 Å². The van der Waals surface area contributed by atoms with Crippen molar-refractivity contribution in [3.63, 3.8) is 0 Å². The Kier molecular flexibility index (Phi) is 4.37. The molecule has 2 rings (SSSR count). The Labute approximate surface area is 131 Å². The largest absolute Gasteiger partial charge is 0.292 e. The smallest absolute Gasteiger partial charge is 0.267 e. The maximum atomic E-state index is 12.3. The second-order valence-corrected chi connectivity index (χ2v) is 5.93. The van der Waals surface area contributed by atoms with Crippen molar-refractivity contribution in [1.29, 1.82) is 0 Å². The molecule has 0 radical (unpaired) electrons. The van der Waals surface area contributed by atoms with Crippen LogP contribution < -0.4 is 5.56 Å². The summed E-state index contributed by atoms with van der Waals surface area (Å²) in [6, 6.07) is 5.58. The first-order valence-corrected chi connectivity index (χ1v) is 7.30. The highest BCUT2D eigenvalue weighted by atomic mass is 127. The van der Waals surface area contributed by atoms with Crippen LogP contribution in [0, 0.1) is 24.3 Å². The highest BCUT2D eigenvalue weighted by molar-refractivity contribution is 14.1. The summed E-state index contributed by atoms with van der Waals surface area (Å²) < 4.78 is 1.93. The Hall–Kier alpha value is -1.50. The van der Waals surface area contributed by atoms with Gasteiger partial charge in [0.25, 0.3) is 5.56 Å². The third kappa shape index (κ3) is 2.98. The number of nitrogens with zero attached hydrogens (tertiary/aromatic N) is 2. The van der Waals surface area contributed by atoms with Gasteiger partial charge in [-0.3, -0.25) is 14.2 Å². The minimum absolute atomic E-state index is 0.0248. The minimum atomic E-state index is -0.171. The number of carbonyl (C=O) groups excluding carboxylic acids is 1. The summed E-state index contributed by atoms with van der Waals surface area (Å²) in [6.07, 6.45) is 1.52. The molecule has 0 amide bonds. The van der Waals surface area contributed by atoms with Crippen molar-refractivity contribution in [2.75, 3.05) is 0 Å². The third-order valence-electron chi connectivity index (χ3n) is 3.34. The molecule has 1 aromatic carbocycles. The van der Waals surface area contributed by atoms with E-state index in [0.29, 0.717) is 15.0 Å². The molecule has 1 heterocycles. The van der Waals surface area contributed by atoms with E-state index in [1.165, 1.54) is 10.8 Å². The van der Waals surface area contributed by atoms with E-state index in [2.05, 4.69) is 4.98 Å². The standard InChI is InChI=1S/C15H15IN2O2/c1-9-4-5-12(6-10(9)2)14(19)8-18-11(3)17-7-13(16)15(18)20/h4-7H,8H2,1-3H3. The molecular formula is C15H15IN2O2. The molecule has 0 saturated heterocycles. The fourth-order valence-electron chi connectivity index (χ4n) is 1.89. The average Bonchev–Trinajstić information content (AvgIpc) is 2.42. The normalized spacial score (nSPS) is 10.6. The van der Waals surface area contributed by atoms with Crippen LogP contribution in [-0.4, -0.2) is 15.3 Å². The highest BCUT2D eigenvalue weighted by Gasteiger charge is 2.12. The van der Waals surface area contributed by atoms with Crippen molar-refractivity contribution in [2.45, 2.75) is 27.3 Å². The Morgan fingerprint density at radius 3 is 2.60 bits per heavy atom. The van der Waals surface area contributed by atoms with Crippen LogP contribution in [0.3, 0.4) is 0 Å². The Morgan fingerprint density at radius 2 is 1.95 bits per heavy atom. The SMILES string of the molecule is Cc1ccc(C(=O)Cn2c(C)ncc(I)c2=O)cc1C. The number of aryl methyl sites for hydroxylation is 3. The number of ketones is 1. The van der Waals surface area contributed by atoms with Gasteiger partial charge in [-0.05, 0) is 60.6 Å². The fourth-order valence-corrected chi connectivity index (χ4v) is 2.32. The van der Waals surface area contributed by atoms with Gasteiger partial charge < -0.3 is 0 Å². The molecule has 5 heteroatoms. The first kappa shape index (κ1) is 14.9. The zero-order valence-electron chi connectivity index (χ0n) is 11.6. The number of carbonyl (C=O) groups is 1. The van der Waals surface area contributed by atoms with Crippen LogP contribution in [0.5, 0.6) is 0 Å². The van der Waals surface area contributed by atoms with Gasteiger partial charge in [0.2, 0.25) is 0 Å². The average molecular weight is 382 g/mol. The van der Waals surface area contributed by atoms with E-state index in [1.54, 1.807) is 13.0 Å². The Bertz CT molecular complexity index is 735. The van der Waals surface area contributed by atoms with Gasteiger partial charge in [0.1, 0.15) is 5.82 Å². The second kappa shape index (κ2) is 5.87. The van der Waals surface area contributed by atoms with Crippen LogP contribution in [0.4, 0.5) is 0 Å². The van der Waals surface area contributed by atoms with E-state index >= 15 is 0 Å². The van der Waals surface area contributed by atoms with Gasteiger partial charge in [-0.15, -0.1) is 0 Å². The molecule has 0 N–H and O–H groups in total. The summed E-state index contributed by atoms with van der Waals surface area (Å²) in [5, 5.41) is 0. The van der Waals surface area contributed by atoms with Gasteiger partial charge in [0.15, 0.2) is 5.78 Å². The molecule has 104 valence electrons. The predicted molar refractivity (Wildman–Crippen MR) is 86.2 cm³/mol. The maximum absolute atomic E-state index is 12.3. The summed E-state index contributed by atoms with van der Waals surface area (Å²) in [6.45, 7) is 5.72. The van der Waals surface area contributed by atoms with Gasteiger partial charge in [-0.2, -0.15) is 0 Å². The topological polar surface area (TPSA) is 52.0 Å². The van der Waals surface area contributed by atoms with E-state index in [1.807, 2.05) is 48.6 Å². The molecule has 0 aliphatic heterocycles. The molecule has 0 bridgehead atoms. The summed E-state index contributed by atoms with van der Waals surface area (Å²) in [5.74, 6) is 0.467. The summed E-state index contributed by atoms with van der Waals surface area (Å²) >= 11 is 1.93. The fraction of sp³-hybridized carbons (Fsp3) is 0.267. The molecular weight excluding hydrogens is 367 g/mol. The van der Waals surface area contributed by atoms with Crippen molar-refractivity contribution < 1.29 is 4.79 Å². The Balaban J connectivity index is 2.35. The summed E-state index contributed by atoms with van der Waals surface area (Å²) in [5.41, 5.74) is 2.67. The van der Waals surface area contributed by atoms with Gasteiger partial charge in [0.05, 0.1) is 10.1 Å². The van der Waals surface area contributed by atoms with Crippen molar-refractivity contribution >= 4 is 28.4 Å². The van der Waals surface area contributed by atoms with Gasteiger partial charge in [0, 0.05) is 11.8 Å². The van der Waals surface area contributed by atoms with E-state index < -0.39 is 0 Å². The van der Waals surface area contributed by atoms with Crippen LogP contribution in [-0.2, 0) is 6.54 Å². The van der Waals surface area contributed by atoms with Gasteiger partial charge in [-0.1, -0.05) is 12.1 Å². The predicted octanol–water partition coefficient (Wildman–Crippen LogP) is 2.66. The van der Waals surface area contributed by atoms with Crippen LogP contribution in [0.25, 0.3) is 0 Å². The first-order valence-electron chi connectivity index (χ1n) is 6.22. The molecule has 4 nitrogen and oxygen atoms in total. The molecule has 0 saturated carbocycles. The quantitative estimate of drug-likeness (QED) is 0.606. The van der Waals surface area contributed by atoms with Crippen molar-refractivity contribution in [1.82, 2.24) is 9.55 Å². The molecule has 0 unspecified atom stereocenters. The van der Waals surface area contributed by atoms with Crippen molar-refractivity contribution in [3.8, 4) is 0 Å². The zero-order chi connectivity index (χ0) is 14.9. The molecule has 20 heavy (non-hydrogen) atoms. The maximum Gasteiger partial charge on any atom is 0.267 e. The number of aromatic nitrogens is 2. The van der Waals surface area contributed by atoms with Crippen molar-refractivity contribution in [2.24, 2.45) is 0 Å². The number of benzene rings is 1.